The molecule has 3 aliphatic rings. The van der Waals surface area contributed by atoms with Gasteiger partial charge in [-0.15, -0.1) is 0 Å². The van der Waals surface area contributed by atoms with Crippen LogP contribution in [0.2, 0.25) is 0 Å². The van der Waals surface area contributed by atoms with E-state index >= 15 is 0 Å². The Morgan fingerprint density at radius 2 is 2.03 bits per heavy atom. The molecule has 0 radical (unpaired) electrons. The first-order chi connectivity index (χ1) is 14.4. The zero-order chi connectivity index (χ0) is 21.6. The molecule has 0 aromatic rings. The van der Waals surface area contributed by atoms with E-state index in [2.05, 4.69) is 55.2 Å². The smallest absolute Gasteiger partial charge is 0.121 e. The molecule has 1 saturated heterocycles. The number of piperidine rings is 1. The molecule has 0 aromatic carbocycles. The monoisotopic (exact) mass is 413 g/mol. The maximum absolute atomic E-state index is 6.19. The van der Waals surface area contributed by atoms with Crippen LogP contribution in [0, 0.1) is 11.3 Å². The van der Waals surface area contributed by atoms with Crippen LogP contribution in [0.15, 0.2) is 34.0 Å². The van der Waals surface area contributed by atoms with Crippen molar-refractivity contribution in [2.24, 2.45) is 21.3 Å². The third kappa shape index (κ3) is 6.06. The van der Waals surface area contributed by atoms with Crippen molar-refractivity contribution in [3.05, 3.63) is 24.0 Å². The van der Waals surface area contributed by atoms with Crippen molar-refractivity contribution >= 4 is 12.4 Å². The molecule has 1 aliphatic carbocycles. The molecule has 30 heavy (non-hydrogen) atoms. The minimum atomic E-state index is -0.129. The highest BCUT2D eigenvalue weighted by molar-refractivity contribution is 5.79. The highest BCUT2D eigenvalue weighted by atomic mass is 16.5. The van der Waals surface area contributed by atoms with Crippen molar-refractivity contribution in [2.75, 3.05) is 19.7 Å². The van der Waals surface area contributed by atoms with Crippen molar-refractivity contribution in [1.29, 1.82) is 0 Å². The predicted octanol–water partition coefficient (Wildman–Crippen LogP) is 6.19. The van der Waals surface area contributed by atoms with Gasteiger partial charge in [0.15, 0.2) is 0 Å². The second-order valence-corrected chi connectivity index (χ2v) is 10.1. The summed E-state index contributed by atoms with van der Waals surface area (Å²) in [6.07, 6.45) is 17.3. The minimum Gasteiger partial charge on any atom is -0.370 e. The van der Waals surface area contributed by atoms with Crippen molar-refractivity contribution in [3.63, 3.8) is 0 Å². The molecule has 4 heteroatoms. The summed E-state index contributed by atoms with van der Waals surface area (Å²) >= 11 is 0. The summed E-state index contributed by atoms with van der Waals surface area (Å²) in [4.78, 5) is 11.5. The summed E-state index contributed by atoms with van der Waals surface area (Å²) in [5.74, 6) is 1.83. The number of nitrogens with zero attached hydrogens (tertiary/aromatic N) is 3. The third-order valence-electron chi connectivity index (χ3n) is 7.64. The second kappa shape index (κ2) is 10.3. The van der Waals surface area contributed by atoms with Gasteiger partial charge < -0.3 is 9.64 Å². The number of hydrogen-bond donors (Lipinski definition) is 0. The Labute approximate surface area is 184 Å². The number of rotatable bonds is 9. The Hall–Kier alpha value is -1.42. The van der Waals surface area contributed by atoms with Crippen LogP contribution in [0.3, 0.4) is 0 Å². The van der Waals surface area contributed by atoms with Gasteiger partial charge in [-0.1, -0.05) is 19.6 Å². The van der Waals surface area contributed by atoms with E-state index in [0.29, 0.717) is 11.5 Å². The van der Waals surface area contributed by atoms with Gasteiger partial charge in [0.05, 0.1) is 5.60 Å². The molecular weight excluding hydrogens is 370 g/mol. The van der Waals surface area contributed by atoms with E-state index in [1.54, 1.807) is 0 Å². The first kappa shape index (κ1) is 23.2. The first-order valence-corrected chi connectivity index (χ1v) is 12.2. The Balaban J connectivity index is 1.31. The van der Waals surface area contributed by atoms with Crippen LogP contribution >= 0.6 is 0 Å². The Morgan fingerprint density at radius 3 is 2.63 bits per heavy atom. The molecule has 2 heterocycles. The zero-order valence-electron chi connectivity index (χ0n) is 19.8. The number of aliphatic imine (C=N–C) groups is 2. The van der Waals surface area contributed by atoms with E-state index in [-0.39, 0.29) is 5.60 Å². The molecule has 2 fully saturated rings. The van der Waals surface area contributed by atoms with Gasteiger partial charge in [-0.3, -0.25) is 4.99 Å². The van der Waals surface area contributed by atoms with Crippen LogP contribution < -0.4 is 0 Å². The Morgan fingerprint density at radius 1 is 1.30 bits per heavy atom. The number of hydrogen-bond acceptors (Lipinski definition) is 4. The molecule has 0 bridgehead atoms. The fourth-order valence-corrected chi connectivity index (χ4v) is 5.33. The molecule has 3 rings (SSSR count). The van der Waals surface area contributed by atoms with E-state index in [1.165, 1.54) is 44.1 Å². The van der Waals surface area contributed by atoms with Crippen molar-refractivity contribution in [1.82, 2.24) is 4.90 Å². The molecular formula is C26H43N3O. The summed E-state index contributed by atoms with van der Waals surface area (Å²) < 4.78 is 6.19. The normalized spacial score (nSPS) is 29.5. The van der Waals surface area contributed by atoms with Crippen LogP contribution in [-0.2, 0) is 4.74 Å². The molecule has 1 spiro atoms. The maximum Gasteiger partial charge on any atom is 0.121 e. The summed E-state index contributed by atoms with van der Waals surface area (Å²) in [5.41, 5.74) is 1.74. The second-order valence-electron chi connectivity index (χ2n) is 10.1. The lowest BCUT2D eigenvalue weighted by Crippen LogP contribution is -2.46. The first-order valence-electron chi connectivity index (χ1n) is 12.2. The highest BCUT2D eigenvalue weighted by Crippen LogP contribution is 2.54. The van der Waals surface area contributed by atoms with Gasteiger partial charge in [0.25, 0.3) is 0 Å². The van der Waals surface area contributed by atoms with Crippen molar-refractivity contribution in [2.45, 2.75) is 97.1 Å². The molecule has 0 amide bonds. The number of ether oxygens (including phenoxy) is 1. The summed E-state index contributed by atoms with van der Waals surface area (Å²) in [6.45, 7) is 15.9. The van der Waals surface area contributed by atoms with Gasteiger partial charge in [0.1, 0.15) is 5.82 Å². The summed E-state index contributed by atoms with van der Waals surface area (Å²) in [6, 6.07) is 0.463. The van der Waals surface area contributed by atoms with Crippen molar-refractivity contribution < 1.29 is 4.74 Å². The number of likely N-dealkylation sites (tertiary alicyclic amines) is 1. The SMILES string of the molecule is C=C(/N=C\C(=C/C)CC)N1CCC2(CC1)CC(CCCO[C@@]1(C)C=NC(C)CC1)C2. The van der Waals surface area contributed by atoms with E-state index < -0.39 is 0 Å². The lowest BCUT2D eigenvalue weighted by molar-refractivity contribution is -0.0220. The topological polar surface area (TPSA) is 37.2 Å². The van der Waals surface area contributed by atoms with Crippen LogP contribution in [-0.4, -0.2) is 48.7 Å². The van der Waals surface area contributed by atoms with Gasteiger partial charge in [0, 0.05) is 38.2 Å². The van der Waals surface area contributed by atoms with Gasteiger partial charge >= 0.3 is 0 Å². The fourth-order valence-electron chi connectivity index (χ4n) is 5.33. The van der Waals surface area contributed by atoms with Gasteiger partial charge in [-0.25, -0.2) is 4.99 Å². The molecule has 4 nitrogen and oxygen atoms in total. The average Bonchev–Trinajstić information content (AvgIpc) is 2.73. The van der Waals surface area contributed by atoms with Gasteiger partial charge in [0.2, 0.25) is 0 Å². The minimum absolute atomic E-state index is 0.129. The van der Waals surface area contributed by atoms with Crippen LogP contribution in [0.1, 0.15) is 85.5 Å². The van der Waals surface area contributed by atoms with Gasteiger partial charge in [-0.2, -0.15) is 0 Å². The van der Waals surface area contributed by atoms with E-state index in [9.17, 15) is 0 Å². The van der Waals surface area contributed by atoms with Crippen LogP contribution in [0.5, 0.6) is 0 Å². The fraction of sp³-hybridized carbons (Fsp3) is 0.769. The summed E-state index contributed by atoms with van der Waals surface area (Å²) in [5, 5.41) is 0. The highest BCUT2D eigenvalue weighted by Gasteiger charge is 2.45. The van der Waals surface area contributed by atoms with Gasteiger partial charge in [-0.05, 0) is 95.5 Å². The van der Waals surface area contributed by atoms with E-state index in [0.717, 1.165) is 50.7 Å². The Kier molecular flexibility index (Phi) is 7.95. The van der Waals surface area contributed by atoms with Crippen molar-refractivity contribution in [3.8, 4) is 0 Å². The van der Waals surface area contributed by atoms with Crippen LogP contribution in [0.4, 0.5) is 0 Å². The predicted molar refractivity (Wildman–Crippen MR) is 128 cm³/mol. The maximum atomic E-state index is 6.19. The molecule has 2 aliphatic heterocycles. The van der Waals surface area contributed by atoms with E-state index in [1.807, 2.05) is 12.4 Å². The average molecular weight is 414 g/mol. The largest absolute Gasteiger partial charge is 0.370 e. The summed E-state index contributed by atoms with van der Waals surface area (Å²) in [7, 11) is 0. The quantitative estimate of drug-likeness (QED) is 0.334. The molecule has 168 valence electrons. The molecule has 1 saturated carbocycles. The zero-order valence-corrected chi connectivity index (χ0v) is 19.8. The molecule has 0 N–H and O–H groups in total. The third-order valence-corrected chi connectivity index (χ3v) is 7.64. The molecule has 0 aromatic heterocycles. The molecule has 1 unspecified atom stereocenters. The number of allylic oxidation sites excluding steroid dienone is 2. The lowest BCUT2D eigenvalue weighted by Gasteiger charge is -2.53. The Bertz CT molecular complexity index is 664. The molecule has 2 atom stereocenters. The van der Waals surface area contributed by atoms with Crippen LogP contribution in [0.25, 0.3) is 0 Å². The van der Waals surface area contributed by atoms with E-state index in [4.69, 9.17) is 4.74 Å². The standard InChI is InChI=1S/C26H43N3O/c1-6-23(7-2)19-27-22(4)29-14-12-26(13-15-29)17-24(18-26)9-8-16-30-25(5)11-10-21(3)28-20-25/h6,19-21,24H,4,7-18H2,1-3,5H3/b23-6-,27-19-/t21?,25-/m1/s1. The lowest BCUT2D eigenvalue weighted by atomic mass is 9.56.